The molecule has 5 aliphatic heterocycles. The number of carbonyl (C=O) groups excluding carboxylic acids is 2. The molecule has 77 heavy (non-hydrogen) atoms. The Hall–Kier alpha value is -2.30. The van der Waals surface area contributed by atoms with Gasteiger partial charge >= 0.3 is 11.9 Å². The molecule has 438 valence electrons. The quantitative estimate of drug-likeness (QED) is 0.0809. The molecule has 0 aromatic carbocycles. The highest BCUT2D eigenvalue weighted by Gasteiger charge is 2.76. The molecule has 0 aromatic heterocycles. The number of ether oxygens (including phenoxy) is 11. The highest BCUT2D eigenvalue weighted by molar-refractivity contribution is 5.83. The van der Waals surface area contributed by atoms with Gasteiger partial charge in [0.2, 0.25) is 0 Å². The third-order valence-corrected chi connectivity index (χ3v) is 20.1. The summed E-state index contributed by atoms with van der Waals surface area (Å²) in [6.07, 6.45) is -19.0. The van der Waals surface area contributed by atoms with Gasteiger partial charge in [-0.25, -0.2) is 0 Å². The van der Waals surface area contributed by atoms with Crippen LogP contribution in [0.3, 0.4) is 0 Å². The van der Waals surface area contributed by atoms with Crippen LogP contribution in [0.25, 0.3) is 0 Å². The molecule has 0 radical (unpaired) electrons. The average molecular weight is 1100 g/mol. The first-order valence-electron chi connectivity index (χ1n) is 27.7. The summed E-state index contributed by atoms with van der Waals surface area (Å²) < 4.78 is 65.6. The maximum atomic E-state index is 14.6. The van der Waals surface area contributed by atoms with E-state index in [0.29, 0.717) is 25.7 Å². The number of hydrogen-bond acceptors (Lipinski definition) is 22. The van der Waals surface area contributed by atoms with E-state index in [4.69, 9.17) is 52.1 Å². The van der Waals surface area contributed by atoms with Gasteiger partial charge in [0, 0.05) is 38.2 Å². The Kier molecular flexibility index (Phi) is 17.0. The Bertz CT molecular complexity index is 2160. The number of aliphatic hydroxyl groups is 9. The minimum Gasteiger partial charge on any atom is -0.462 e. The Morgan fingerprint density at radius 2 is 1.38 bits per heavy atom. The lowest BCUT2D eigenvalue weighted by Gasteiger charge is -2.64. The van der Waals surface area contributed by atoms with Crippen LogP contribution in [0.5, 0.6) is 0 Å². The maximum absolute atomic E-state index is 14.6. The molecule has 5 saturated heterocycles. The van der Waals surface area contributed by atoms with Crippen molar-refractivity contribution in [2.24, 2.45) is 39.4 Å². The molecular weight excluding hydrogens is 1010 g/mol. The minimum atomic E-state index is -1.83. The van der Waals surface area contributed by atoms with Crippen LogP contribution in [-0.4, -0.2) is 213 Å². The Balaban J connectivity index is 0.859. The molecule has 27 atom stereocenters. The molecule has 1 spiro atoms. The summed E-state index contributed by atoms with van der Waals surface area (Å²) in [5.41, 5.74) is -0.365. The van der Waals surface area contributed by atoms with Gasteiger partial charge in [0.05, 0.1) is 37.4 Å². The fourth-order valence-electron chi connectivity index (χ4n) is 16.2. The SMILES string of the molecule is C=C(C)CC(CC1(C)OC(=O)C23CCC4C(=CCC5C(C)(C)C(OC6OCC(O)C(O)C6OC6OC(C)C(OC7OCC(O)C(OC8OC(CO)C(O)C(OC)C8O)C7O)C(O)C6O)CCC45C)C2(C)CCC13)OC(C)=O. The molecule has 0 aromatic rings. The number of cyclic esters (lactones) is 1. The second-order valence-electron chi connectivity index (χ2n) is 25.1. The fourth-order valence-corrected chi connectivity index (χ4v) is 16.2. The summed E-state index contributed by atoms with van der Waals surface area (Å²) in [5.74, 6) is -0.265. The first-order valence-corrected chi connectivity index (χ1v) is 27.7. The van der Waals surface area contributed by atoms with Gasteiger partial charge in [-0.2, -0.15) is 0 Å². The van der Waals surface area contributed by atoms with E-state index in [9.17, 15) is 55.5 Å². The highest BCUT2D eigenvalue weighted by atomic mass is 16.8. The van der Waals surface area contributed by atoms with Crippen molar-refractivity contribution in [3.05, 3.63) is 23.8 Å². The molecule has 8 fully saturated rings. The summed E-state index contributed by atoms with van der Waals surface area (Å²) in [6.45, 7) is 18.5. The summed E-state index contributed by atoms with van der Waals surface area (Å²) in [4.78, 5) is 26.7. The van der Waals surface area contributed by atoms with Crippen molar-refractivity contribution in [1.29, 1.82) is 0 Å². The van der Waals surface area contributed by atoms with Crippen molar-refractivity contribution in [3.63, 3.8) is 0 Å². The number of methoxy groups -OCH3 is 1. The van der Waals surface area contributed by atoms with Crippen LogP contribution in [0.2, 0.25) is 0 Å². The smallest absolute Gasteiger partial charge is 0.313 e. The van der Waals surface area contributed by atoms with E-state index in [2.05, 4.69) is 40.3 Å². The third-order valence-electron chi connectivity index (χ3n) is 20.1. The zero-order valence-corrected chi connectivity index (χ0v) is 45.9. The molecule has 0 bridgehead atoms. The molecule has 5 heterocycles. The standard InChI is InChI=1S/C55H86O22/c1-24(2)19-27(71-26(4)57)20-54(9)34-14-17-53(8)29-11-12-33-51(5,6)35(15-16-52(33,7)28(29)13-18-55(34,53)50(66)77-54)73-49-45(36(60)30(58)22-69-49)76-47-39(63)38(62)42(25(3)70-47)74-46-40(64)43(31(59)23-68-46)75-48-41(65)44(67-10)37(61)32(21-56)72-48/h11,25,27-28,30-49,56,58-65H,1,12-23H2,2-10H3. The van der Waals surface area contributed by atoms with Gasteiger partial charge in [-0.1, -0.05) is 44.9 Å². The Labute approximate surface area is 450 Å². The van der Waals surface area contributed by atoms with Gasteiger partial charge in [0.25, 0.3) is 0 Å². The van der Waals surface area contributed by atoms with Crippen molar-refractivity contribution < 1.29 is 108 Å². The summed E-state index contributed by atoms with van der Waals surface area (Å²) in [7, 11) is 1.23. The Morgan fingerprint density at radius 3 is 2.05 bits per heavy atom. The van der Waals surface area contributed by atoms with Crippen LogP contribution in [0.4, 0.5) is 0 Å². The molecule has 3 saturated carbocycles. The van der Waals surface area contributed by atoms with Crippen molar-refractivity contribution >= 4 is 11.9 Å². The van der Waals surface area contributed by atoms with Crippen LogP contribution < -0.4 is 0 Å². The number of allylic oxidation sites excluding steroid dienone is 2. The normalized spacial score (nSPS) is 50.8. The van der Waals surface area contributed by atoms with Crippen molar-refractivity contribution in [2.75, 3.05) is 26.9 Å². The second kappa shape index (κ2) is 22.1. The number of rotatable bonds is 15. The molecule has 22 heteroatoms. The maximum Gasteiger partial charge on any atom is 0.313 e. The van der Waals surface area contributed by atoms with Gasteiger partial charge in [0.15, 0.2) is 25.2 Å². The highest BCUT2D eigenvalue weighted by Crippen LogP contribution is 2.76. The second-order valence-corrected chi connectivity index (χ2v) is 25.1. The summed E-state index contributed by atoms with van der Waals surface area (Å²) in [5, 5.41) is 98.6. The van der Waals surface area contributed by atoms with E-state index in [0.717, 1.165) is 37.7 Å². The van der Waals surface area contributed by atoms with Crippen LogP contribution in [-0.2, 0) is 61.7 Å². The molecule has 0 amide bonds. The topological polar surface area (TPSA) is 318 Å². The third kappa shape index (κ3) is 10.1. The van der Waals surface area contributed by atoms with Crippen molar-refractivity contribution in [1.82, 2.24) is 0 Å². The molecule has 22 nitrogen and oxygen atoms in total. The van der Waals surface area contributed by atoms with E-state index in [1.54, 1.807) is 0 Å². The predicted octanol–water partition coefficient (Wildman–Crippen LogP) is 0.793. The van der Waals surface area contributed by atoms with Crippen molar-refractivity contribution in [3.8, 4) is 0 Å². The van der Waals surface area contributed by atoms with Crippen molar-refractivity contribution in [2.45, 2.75) is 242 Å². The van der Waals surface area contributed by atoms with Gasteiger partial charge in [-0.05, 0) is 88.4 Å². The Morgan fingerprint density at radius 1 is 0.727 bits per heavy atom. The van der Waals surface area contributed by atoms with Gasteiger partial charge in [0.1, 0.15) is 91.1 Å². The molecule has 27 unspecified atom stereocenters. The minimum absolute atomic E-state index is 0.0505. The molecular formula is C55H86O22. The number of fused-ring (bicyclic) bond motifs is 4. The lowest BCUT2D eigenvalue weighted by molar-refractivity contribution is -0.382. The van der Waals surface area contributed by atoms with E-state index in [1.165, 1.54) is 26.5 Å². The van der Waals surface area contributed by atoms with Gasteiger partial charge < -0.3 is 98.1 Å². The number of carbonyl (C=O) groups is 2. The number of hydrogen-bond donors (Lipinski definition) is 9. The average Bonchev–Trinajstić information content (AvgIpc) is 3.66. The lowest BCUT2D eigenvalue weighted by atomic mass is 9.41. The first kappa shape index (κ1) is 59.3. The van der Waals surface area contributed by atoms with Crippen LogP contribution in [0, 0.1) is 39.4 Å². The van der Waals surface area contributed by atoms with Gasteiger partial charge in [-0.15, -0.1) is 6.58 Å². The molecule has 4 aliphatic carbocycles. The lowest BCUT2D eigenvalue weighted by Crippen LogP contribution is -2.65. The molecule has 9 N–H and O–H groups in total. The van der Waals surface area contributed by atoms with Gasteiger partial charge in [-0.3, -0.25) is 9.59 Å². The molecule has 9 rings (SSSR count). The number of aliphatic hydroxyl groups excluding tert-OH is 9. The monoisotopic (exact) mass is 1100 g/mol. The molecule has 9 aliphatic rings. The van der Waals surface area contributed by atoms with Crippen LogP contribution >= 0.6 is 0 Å². The number of esters is 2. The summed E-state index contributed by atoms with van der Waals surface area (Å²) in [6, 6.07) is 0. The van der Waals surface area contributed by atoms with Crippen LogP contribution in [0.15, 0.2) is 23.8 Å². The van der Waals surface area contributed by atoms with E-state index in [-0.39, 0.29) is 41.7 Å². The largest absolute Gasteiger partial charge is 0.462 e. The zero-order valence-electron chi connectivity index (χ0n) is 45.9. The zero-order chi connectivity index (χ0) is 56.1. The van der Waals surface area contributed by atoms with E-state index >= 15 is 0 Å². The van der Waals surface area contributed by atoms with E-state index < -0.39 is 158 Å². The predicted molar refractivity (Wildman–Crippen MR) is 265 cm³/mol. The fraction of sp³-hybridized carbons (Fsp3) is 0.891. The van der Waals surface area contributed by atoms with Crippen LogP contribution in [0.1, 0.15) is 113 Å². The summed E-state index contributed by atoms with van der Waals surface area (Å²) >= 11 is 0. The first-order chi connectivity index (χ1) is 36.2. The van der Waals surface area contributed by atoms with E-state index in [1.807, 2.05) is 13.8 Å².